The number of ether oxygens (including phenoxy) is 4. The molecular weight excluding hydrogens is 434 g/mol. The Morgan fingerprint density at radius 1 is 0.647 bits per heavy atom. The van der Waals surface area contributed by atoms with Crippen LogP contribution in [0.1, 0.15) is 10.4 Å². The van der Waals surface area contributed by atoms with Crippen LogP contribution < -0.4 is 5.32 Å². The van der Waals surface area contributed by atoms with E-state index < -0.39 is 0 Å². The Balaban J connectivity index is 1.18. The van der Waals surface area contributed by atoms with E-state index in [0.29, 0.717) is 65.0 Å². The molecule has 7 nitrogen and oxygen atoms in total. The summed E-state index contributed by atoms with van der Waals surface area (Å²) >= 11 is 0. The molecule has 0 saturated carbocycles. The summed E-state index contributed by atoms with van der Waals surface area (Å²) in [6.07, 6.45) is 0. The molecule has 4 aromatic carbocycles. The molecule has 4 rings (SSSR count). The summed E-state index contributed by atoms with van der Waals surface area (Å²) in [7, 11) is 0. The third-order valence-electron chi connectivity index (χ3n) is 5.66. The first-order valence-corrected chi connectivity index (χ1v) is 11.7. The van der Waals surface area contributed by atoms with Crippen LogP contribution >= 0.6 is 0 Å². The fourth-order valence-electron chi connectivity index (χ4n) is 4.09. The van der Waals surface area contributed by atoms with E-state index in [-0.39, 0.29) is 12.5 Å². The lowest BCUT2D eigenvalue weighted by atomic mass is 9.92. The van der Waals surface area contributed by atoms with Gasteiger partial charge in [-0.3, -0.25) is 4.79 Å². The number of aliphatic hydroxyl groups is 1. The SMILES string of the molecule is O=C(NCCOCCOCCOCCOCCO)c1ccc2ccc3cccc4ccc1c2c34. The van der Waals surface area contributed by atoms with Crippen molar-refractivity contribution in [2.24, 2.45) is 0 Å². The predicted molar refractivity (Wildman–Crippen MR) is 133 cm³/mol. The van der Waals surface area contributed by atoms with Crippen molar-refractivity contribution in [3.63, 3.8) is 0 Å². The molecule has 0 radical (unpaired) electrons. The van der Waals surface area contributed by atoms with Crippen LogP contribution in [0.3, 0.4) is 0 Å². The van der Waals surface area contributed by atoms with E-state index in [1.807, 2.05) is 18.2 Å². The fraction of sp³-hybridized carbons (Fsp3) is 0.370. The predicted octanol–water partition coefficient (Wildman–Crippen LogP) is 3.37. The third-order valence-corrected chi connectivity index (χ3v) is 5.66. The minimum Gasteiger partial charge on any atom is -0.394 e. The summed E-state index contributed by atoms with van der Waals surface area (Å²) in [5.41, 5.74) is 0.677. The maximum atomic E-state index is 12.9. The van der Waals surface area contributed by atoms with Gasteiger partial charge >= 0.3 is 0 Å². The quantitative estimate of drug-likeness (QED) is 0.207. The lowest BCUT2D eigenvalue weighted by Crippen LogP contribution is -2.27. The number of hydrogen-bond acceptors (Lipinski definition) is 6. The molecule has 0 aliphatic carbocycles. The van der Waals surface area contributed by atoms with Crippen molar-refractivity contribution in [1.29, 1.82) is 0 Å². The summed E-state index contributed by atoms with van der Waals surface area (Å²) in [4.78, 5) is 12.9. The van der Waals surface area contributed by atoms with Gasteiger partial charge in [-0.05, 0) is 38.4 Å². The van der Waals surface area contributed by atoms with Gasteiger partial charge in [0.05, 0.1) is 59.5 Å². The van der Waals surface area contributed by atoms with Gasteiger partial charge in [0.2, 0.25) is 0 Å². The fourth-order valence-corrected chi connectivity index (χ4v) is 4.09. The van der Waals surface area contributed by atoms with Gasteiger partial charge in [-0.25, -0.2) is 0 Å². The normalized spacial score (nSPS) is 11.7. The van der Waals surface area contributed by atoms with Crippen molar-refractivity contribution in [1.82, 2.24) is 5.32 Å². The Hall–Kier alpha value is -2.81. The number of amides is 1. The van der Waals surface area contributed by atoms with Gasteiger partial charge in [0.15, 0.2) is 0 Å². The van der Waals surface area contributed by atoms with Crippen LogP contribution in [0.15, 0.2) is 54.6 Å². The smallest absolute Gasteiger partial charge is 0.251 e. The van der Waals surface area contributed by atoms with Crippen molar-refractivity contribution in [2.45, 2.75) is 0 Å². The monoisotopic (exact) mass is 465 g/mol. The molecule has 0 fully saturated rings. The standard InChI is InChI=1S/C27H31NO6/c29-11-13-32-15-17-34-19-18-33-16-14-31-12-10-28-27(30)24-9-7-22-5-4-20-2-1-3-21-6-8-23(24)26(22)25(20)21/h1-9,29H,10-19H2,(H,28,30). The maximum Gasteiger partial charge on any atom is 0.251 e. The van der Waals surface area contributed by atoms with E-state index >= 15 is 0 Å². The van der Waals surface area contributed by atoms with Gasteiger partial charge < -0.3 is 29.4 Å². The van der Waals surface area contributed by atoms with E-state index in [9.17, 15) is 4.79 Å². The molecule has 0 aromatic heterocycles. The molecule has 7 heteroatoms. The van der Waals surface area contributed by atoms with E-state index in [1.165, 1.54) is 16.2 Å². The zero-order chi connectivity index (χ0) is 23.6. The van der Waals surface area contributed by atoms with Crippen molar-refractivity contribution in [3.05, 3.63) is 60.2 Å². The number of carbonyl (C=O) groups excluding carboxylic acids is 1. The molecule has 4 aromatic rings. The summed E-state index contributed by atoms with van der Waals surface area (Å²) in [5.74, 6) is -0.0992. The van der Waals surface area contributed by atoms with E-state index in [2.05, 4.69) is 41.7 Å². The first-order valence-electron chi connectivity index (χ1n) is 11.7. The van der Waals surface area contributed by atoms with Gasteiger partial charge in [-0.1, -0.05) is 48.5 Å². The molecule has 2 N–H and O–H groups in total. The molecule has 0 unspecified atom stereocenters. The molecule has 180 valence electrons. The summed E-state index contributed by atoms with van der Waals surface area (Å²) < 4.78 is 21.4. The highest BCUT2D eigenvalue weighted by Gasteiger charge is 2.14. The molecule has 0 aliphatic rings. The van der Waals surface area contributed by atoms with Crippen LogP contribution in [-0.4, -0.2) is 77.0 Å². The molecule has 0 bridgehead atoms. The average molecular weight is 466 g/mol. The summed E-state index contributed by atoms with van der Waals surface area (Å²) in [5, 5.41) is 18.4. The highest BCUT2D eigenvalue weighted by atomic mass is 16.6. The molecule has 0 aliphatic heterocycles. The molecular formula is C27H31NO6. The molecule has 1 amide bonds. The largest absolute Gasteiger partial charge is 0.394 e. The van der Waals surface area contributed by atoms with Gasteiger partial charge in [0, 0.05) is 12.1 Å². The number of benzene rings is 4. The molecule has 0 saturated heterocycles. The number of aliphatic hydroxyl groups excluding tert-OH is 1. The maximum absolute atomic E-state index is 12.9. The van der Waals surface area contributed by atoms with E-state index in [0.717, 1.165) is 16.2 Å². The highest BCUT2D eigenvalue weighted by molar-refractivity contribution is 6.26. The van der Waals surface area contributed by atoms with Crippen molar-refractivity contribution < 1.29 is 28.8 Å². The lowest BCUT2D eigenvalue weighted by molar-refractivity contribution is -0.00515. The van der Waals surface area contributed by atoms with Gasteiger partial charge in [-0.2, -0.15) is 0 Å². The number of nitrogens with one attached hydrogen (secondary N) is 1. The Kier molecular flexibility index (Phi) is 9.01. The van der Waals surface area contributed by atoms with Gasteiger partial charge in [0.1, 0.15) is 0 Å². The molecule has 34 heavy (non-hydrogen) atoms. The topological polar surface area (TPSA) is 86.3 Å². The van der Waals surface area contributed by atoms with Crippen molar-refractivity contribution in [3.8, 4) is 0 Å². The molecule has 0 spiro atoms. The number of carbonyl (C=O) groups is 1. The van der Waals surface area contributed by atoms with Crippen LogP contribution in [0.5, 0.6) is 0 Å². The zero-order valence-corrected chi connectivity index (χ0v) is 19.3. The minimum atomic E-state index is -0.0992. The minimum absolute atomic E-state index is 0.0206. The molecule has 0 atom stereocenters. The first kappa shape index (κ1) is 24.3. The number of hydrogen-bond donors (Lipinski definition) is 2. The second-order valence-corrected chi connectivity index (χ2v) is 7.90. The first-order chi connectivity index (χ1) is 16.8. The van der Waals surface area contributed by atoms with Gasteiger partial charge in [0.25, 0.3) is 5.91 Å². The lowest BCUT2D eigenvalue weighted by Gasteiger charge is -2.14. The molecule has 0 heterocycles. The van der Waals surface area contributed by atoms with Crippen molar-refractivity contribution in [2.75, 3.05) is 66.0 Å². The zero-order valence-electron chi connectivity index (χ0n) is 19.3. The van der Waals surface area contributed by atoms with Crippen LogP contribution in [0.4, 0.5) is 0 Å². The number of rotatable bonds is 15. The Labute approximate surface area is 198 Å². The Morgan fingerprint density at radius 2 is 1.18 bits per heavy atom. The summed E-state index contributed by atoms with van der Waals surface area (Å²) in [6.45, 7) is 4.02. The highest BCUT2D eigenvalue weighted by Crippen LogP contribution is 2.35. The van der Waals surface area contributed by atoms with Crippen LogP contribution in [-0.2, 0) is 18.9 Å². The van der Waals surface area contributed by atoms with E-state index in [1.54, 1.807) is 0 Å². The van der Waals surface area contributed by atoms with Crippen LogP contribution in [0, 0.1) is 0 Å². The van der Waals surface area contributed by atoms with Crippen LogP contribution in [0.25, 0.3) is 32.3 Å². The van der Waals surface area contributed by atoms with Gasteiger partial charge in [-0.15, -0.1) is 0 Å². The summed E-state index contributed by atoms with van der Waals surface area (Å²) in [6, 6.07) is 18.6. The second-order valence-electron chi connectivity index (χ2n) is 7.90. The van der Waals surface area contributed by atoms with Crippen molar-refractivity contribution >= 4 is 38.2 Å². The van der Waals surface area contributed by atoms with Crippen LogP contribution in [0.2, 0.25) is 0 Å². The average Bonchev–Trinajstić information content (AvgIpc) is 2.87. The Morgan fingerprint density at radius 3 is 1.82 bits per heavy atom. The third kappa shape index (κ3) is 6.00. The Bertz CT molecular complexity index is 1180. The van der Waals surface area contributed by atoms with E-state index in [4.69, 9.17) is 24.1 Å². The second kappa shape index (κ2) is 12.6.